The maximum atomic E-state index is 13.3. The minimum Gasteiger partial charge on any atom is -0.494 e. The number of rotatable bonds is 7. The largest absolute Gasteiger partial charge is 0.494 e. The van der Waals surface area contributed by atoms with Crippen LogP contribution in [-0.4, -0.2) is 63.2 Å². The molecule has 0 aliphatic rings. The number of carbonyl (C=O) groups excluding carboxylic acids is 2. The monoisotopic (exact) mass is 447 g/mol. The van der Waals surface area contributed by atoms with Gasteiger partial charge in [-0.2, -0.15) is 0 Å². The van der Waals surface area contributed by atoms with E-state index in [4.69, 9.17) is 21.1 Å². The van der Waals surface area contributed by atoms with E-state index in [1.807, 2.05) is 19.0 Å². The van der Waals surface area contributed by atoms with E-state index < -0.39 is 5.97 Å². The highest BCUT2D eigenvalue weighted by molar-refractivity contribution is 7.23. The van der Waals surface area contributed by atoms with Crippen LogP contribution in [0.3, 0.4) is 0 Å². The maximum absolute atomic E-state index is 13.3. The molecule has 1 heterocycles. The smallest absolute Gasteiger partial charge is 0.337 e. The Kier molecular flexibility index (Phi) is 6.91. The minimum atomic E-state index is -0.452. The van der Waals surface area contributed by atoms with Crippen LogP contribution < -0.4 is 9.64 Å². The molecule has 0 aliphatic heterocycles. The van der Waals surface area contributed by atoms with Crippen LogP contribution in [0.2, 0.25) is 5.02 Å². The first-order chi connectivity index (χ1) is 14.3. The van der Waals surface area contributed by atoms with Gasteiger partial charge in [-0.25, -0.2) is 9.78 Å². The molecule has 0 fully saturated rings. The molecule has 30 heavy (non-hydrogen) atoms. The first kappa shape index (κ1) is 22.0. The molecular weight excluding hydrogens is 426 g/mol. The van der Waals surface area contributed by atoms with Crippen molar-refractivity contribution in [2.75, 3.05) is 46.3 Å². The van der Waals surface area contributed by atoms with E-state index in [0.717, 1.165) is 4.70 Å². The van der Waals surface area contributed by atoms with Crippen LogP contribution in [0.1, 0.15) is 20.7 Å². The molecule has 0 saturated carbocycles. The molecule has 2 aromatic carbocycles. The van der Waals surface area contributed by atoms with E-state index in [1.54, 1.807) is 48.4 Å². The van der Waals surface area contributed by atoms with Gasteiger partial charge in [0.1, 0.15) is 11.3 Å². The SMILES string of the molecule is COC(=O)c1ccc(C(=O)N(CCN(C)C)c2nc3c(OC)ccc(Cl)c3s2)cc1. The third-order valence-corrected chi connectivity index (χ3v) is 6.01. The van der Waals surface area contributed by atoms with Crippen LogP contribution in [-0.2, 0) is 4.74 Å². The van der Waals surface area contributed by atoms with Crippen LogP contribution in [0, 0.1) is 0 Å². The number of ether oxygens (including phenoxy) is 2. The number of hydrogen-bond acceptors (Lipinski definition) is 7. The van der Waals surface area contributed by atoms with Crippen molar-refractivity contribution in [2.24, 2.45) is 0 Å². The lowest BCUT2D eigenvalue weighted by molar-refractivity contribution is 0.0600. The molecule has 0 unspecified atom stereocenters. The topological polar surface area (TPSA) is 72.0 Å². The van der Waals surface area contributed by atoms with Crippen molar-refractivity contribution in [1.29, 1.82) is 0 Å². The molecule has 7 nitrogen and oxygen atoms in total. The standard InChI is InChI=1S/C21H22ClN3O4S/c1-24(2)11-12-25(19(26)13-5-7-14(8-6-13)20(27)29-4)21-23-17-16(28-3)10-9-15(22)18(17)30-21/h5-10H,11-12H2,1-4H3. The fraction of sp³-hybridized carbons (Fsp3) is 0.286. The maximum Gasteiger partial charge on any atom is 0.337 e. The van der Waals surface area contributed by atoms with E-state index in [9.17, 15) is 9.59 Å². The molecule has 0 saturated heterocycles. The molecule has 1 amide bonds. The number of benzene rings is 2. The molecule has 158 valence electrons. The van der Waals surface area contributed by atoms with Crippen molar-refractivity contribution in [3.8, 4) is 5.75 Å². The van der Waals surface area contributed by atoms with Gasteiger partial charge in [0.05, 0.1) is 29.5 Å². The highest BCUT2D eigenvalue weighted by Crippen LogP contribution is 2.39. The Labute approximate surface area is 183 Å². The quantitative estimate of drug-likeness (QED) is 0.510. The summed E-state index contributed by atoms with van der Waals surface area (Å²) in [7, 11) is 6.76. The fourth-order valence-corrected chi connectivity index (χ4v) is 4.11. The molecule has 0 atom stereocenters. The van der Waals surface area contributed by atoms with Crippen LogP contribution in [0.25, 0.3) is 10.2 Å². The van der Waals surface area contributed by atoms with Gasteiger partial charge >= 0.3 is 5.97 Å². The summed E-state index contributed by atoms with van der Waals surface area (Å²) < 4.78 is 10.9. The number of aromatic nitrogens is 1. The second kappa shape index (κ2) is 9.42. The summed E-state index contributed by atoms with van der Waals surface area (Å²) in [6.45, 7) is 1.08. The van der Waals surface area contributed by atoms with E-state index in [1.165, 1.54) is 18.4 Å². The van der Waals surface area contributed by atoms with Crippen LogP contribution in [0.15, 0.2) is 36.4 Å². The zero-order valence-corrected chi connectivity index (χ0v) is 18.7. The van der Waals surface area contributed by atoms with Crippen LogP contribution in [0.4, 0.5) is 5.13 Å². The summed E-state index contributed by atoms with van der Waals surface area (Å²) in [5.41, 5.74) is 1.44. The van der Waals surface area contributed by atoms with E-state index >= 15 is 0 Å². The van der Waals surface area contributed by atoms with Gasteiger partial charge < -0.3 is 14.4 Å². The van der Waals surface area contributed by atoms with Crippen molar-refractivity contribution < 1.29 is 19.1 Å². The van der Waals surface area contributed by atoms with E-state index in [-0.39, 0.29) is 5.91 Å². The van der Waals surface area contributed by atoms with Gasteiger partial charge in [-0.05, 0) is 50.5 Å². The van der Waals surface area contributed by atoms with Gasteiger partial charge in [0.2, 0.25) is 0 Å². The molecule has 3 rings (SSSR count). The summed E-state index contributed by atoms with van der Waals surface area (Å²) in [6.07, 6.45) is 0. The number of likely N-dealkylation sites (N-methyl/N-ethyl adjacent to an activating group) is 1. The lowest BCUT2D eigenvalue weighted by Crippen LogP contribution is -2.36. The summed E-state index contributed by atoms with van der Waals surface area (Å²) in [5.74, 6) is -0.0758. The number of anilines is 1. The number of methoxy groups -OCH3 is 2. The molecular formula is C21H22ClN3O4S. The van der Waals surface area contributed by atoms with Gasteiger partial charge in [0.15, 0.2) is 5.13 Å². The molecule has 0 spiro atoms. The molecule has 0 bridgehead atoms. The van der Waals surface area contributed by atoms with Gasteiger partial charge in [0, 0.05) is 18.7 Å². The lowest BCUT2D eigenvalue weighted by Gasteiger charge is -2.22. The zero-order valence-electron chi connectivity index (χ0n) is 17.1. The predicted molar refractivity (Wildman–Crippen MR) is 119 cm³/mol. The second-order valence-electron chi connectivity index (χ2n) is 6.75. The predicted octanol–water partition coefficient (Wildman–Crippen LogP) is 3.95. The Morgan fingerprint density at radius 2 is 1.70 bits per heavy atom. The summed E-state index contributed by atoms with van der Waals surface area (Å²) in [6, 6.07) is 9.87. The average Bonchev–Trinajstić information content (AvgIpc) is 3.19. The number of thiazole rings is 1. The Hall–Kier alpha value is -2.68. The number of esters is 1. The third-order valence-electron chi connectivity index (χ3n) is 4.47. The van der Waals surface area contributed by atoms with Crippen LogP contribution >= 0.6 is 22.9 Å². The number of nitrogens with zero attached hydrogens (tertiary/aromatic N) is 3. The van der Waals surface area contributed by atoms with Crippen molar-refractivity contribution in [2.45, 2.75) is 0 Å². The summed E-state index contributed by atoms with van der Waals surface area (Å²) >= 11 is 7.69. The third kappa shape index (κ3) is 4.56. The van der Waals surface area contributed by atoms with Crippen molar-refractivity contribution in [1.82, 2.24) is 9.88 Å². The summed E-state index contributed by atoms with van der Waals surface area (Å²) in [4.78, 5) is 33.2. The van der Waals surface area contributed by atoms with Gasteiger partial charge in [-0.1, -0.05) is 22.9 Å². The fourth-order valence-electron chi connectivity index (χ4n) is 2.83. The van der Waals surface area contributed by atoms with Gasteiger partial charge in [0.25, 0.3) is 5.91 Å². The second-order valence-corrected chi connectivity index (χ2v) is 8.14. The number of hydrogen-bond donors (Lipinski definition) is 0. The van der Waals surface area contributed by atoms with E-state index in [2.05, 4.69) is 4.98 Å². The molecule has 9 heteroatoms. The first-order valence-electron chi connectivity index (χ1n) is 9.13. The number of fused-ring (bicyclic) bond motifs is 1. The molecule has 0 aliphatic carbocycles. The highest BCUT2D eigenvalue weighted by atomic mass is 35.5. The molecule has 3 aromatic rings. The average molecular weight is 448 g/mol. The van der Waals surface area contributed by atoms with Crippen molar-refractivity contribution in [3.05, 3.63) is 52.5 Å². The van der Waals surface area contributed by atoms with Crippen LogP contribution in [0.5, 0.6) is 5.75 Å². The Morgan fingerprint density at radius 1 is 1.03 bits per heavy atom. The Balaban J connectivity index is 2.00. The normalized spacial score (nSPS) is 11.0. The van der Waals surface area contributed by atoms with Gasteiger partial charge in [-0.15, -0.1) is 0 Å². The molecule has 0 N–H and O–H groups in total. The first-order valence-corrected chi connectivity index (χ1v) is 10.3. The Bertz CT molecular complexity index is 1070. The molecule has 0 radical (unpaired) electrons. The van der Waals surface area contributed by atoms with Gasteiger partial charge in [-0.3, -0.25) is 9.69 Å². The minimum absolute atomic E-state index is 0.220. The zero-order chi connectivity index (χ0) is 21.8. The number of carbonyl (C=O) groups is 2. The highest BCUT2D eigenvalue weighted by Gasteiger charge is 2.23. The van der Waals surface area contributed by atoms with E-state index in [0.29, 0.717) is 45.6 Å². The number of halogens is 1. The molecule has 1 aromatic heterocycles. The Morgan fingerprint density at radius 3 is 2.30 bits per heavy atom. The number of amides is 1. The van der Waals surface area contributed by atoms with Crippen molar-refractivity contribution >= 4 is 50.2 Å². The summed E-state index contributed by atoms with van der Waals surface area (Å²) in [5, 5.41) is 1.08. The lowest BCUT2D eigenvalue weighted by atomic mass is 10.1. The van der Waals surface area contributed by atoms with Crippen molar-refractivity contribution in [3.63, 3.8) is 0 Å².